The quantitative estimate of drug-likeness (QED) is 0.562. The summed E-state index contributed by atoms with van der Waals surface area (Å²) in [7, 11) is -0.735. The maximum Gasteiger partial charge on any atom is 0.163 e. The van der Waals surface area contributed by atoms with Gasteiger partial charge >= 0.3 is 0 Å². The minimum absolute atomic E-state index is 0.208. The maximum atomic E-state index is 11.8. The molecule has 3 aromatic heterocycles. The molecule has 0 saturated carbocycles. The zero-order valence-corrected chi connectivity index (χ0v) is 17.0. The lowest BCUT2D eigenvalue weighted by atomic mass is 9.93. The second-order valence-electron chi connectivity index (χ2n) is 7.62. The first-order valence-electron chi connectivity index (χ1n) is 9.86. The zero-order chi connectivity index (χ0) is 20.0. The van der Waals surface area contributed by atoms with E-state index in [0.29, 0.717) is 11.5 Å². The number of para-hydroxylation sites is 1. The van der Waals surface area contributed by atoms with Gasteiger partial charge in [-0.2, -0.15) is 5.10 Å². The molecule has 7 heteroatoms. The number of hydrogen-bond donors (Lipinski definition) is 1. The van der Waals surface area contributed by atoms with Gasteiger partial charge < -0.3 is 5.11 Å². The number of pyridine rings is 1. The Morgan fingerprint density at radius 2 is 2.00 bits per heavy atom. The van der Waals surface area contributed by atoms with Gasteiger partial charge in [0.25, 0.3) is 0 Å². The van der Waals surface area contributed by atoms with Crippen molar-refractivity contribution < 1.29 is 9.32 Å². The third-order valence-corrected chi connectivity index (χ3v) is 7.06. The molecule has 1 unspecified atom stereocenters. The minimum atomic E-state index is -0.735. The molecule has 1 atom stereocenters. The van der Waals surface area contributed by atoms with Crippen LogP contribution < -0.4 is 0 Å². The predicted molar refractivity (Wildman–Crippen MR) is 114 cm³/mol. The van der Waals surface area contributed by atoms with Crippen molar-refractivity contribution in [1.82, 2.24) is 19.6 Å². The number of fused-ring (bicyclic) bond motifs is 2. The van der Waals surface area contributed by atoms with Gasteiger partial charge in [-0.05, 0) is 31.9 Å². The van der Waals surface area contributed by atoms with Gasteiger partial charge in [-0.15, -0.1) is 0 Å². The Kier molecular flexibility index (Phi) is 4.64. The van der Waals surface area contributed by atoms with Crippen molar-refractivity contribution in [2.75, 3.05) is 11.5 Å². The van der Waals surface area contributed by atoms with Crippen LogP contribution in [0.1, 0.15) is 43.0 Å². The van der Waals surface area contributed by atoms with Crippen LogP contribution in [-0.2, 0) is 10.8 Å². The first kappa shape index (κ1) is 18.4. The van der Waals surface area contributed by atoms with Crippen LogP contribution in [0.5, 0.6) is 0 Å². The van der Waals surface area contributed by atoms with E-state index in [0.717, 1.165) is 51.8 Å². The van der Waals surface area contributed by atoms with Crippen LogP contribution in [0.3, 0.4) is 0 Å². The van der Waals surface area contributed by atoms with Crippen LogP contribution in [0.2, 0.25) is 0 Å². The highest BCUT2D eigenvalue weighted by molar-refractivity contribution is 7.85. The second kappa shape index (κ2) is 7.31. The topological polar surface area (TPSA) is 80.4 Å². The van der Waals surface area contributed by atoms with Gasteiger partial charge in [0, 0.05) is 62.7 Å². The Balaban J connectivity index is 1.65. The van der Waals surface area contributed by atoms with E-state index in [-0.39, 0.29) is 5.92 Å². The van der Waals surface area contributed by atoms with Crippen LogP contribution in [0.4, 0.5) is 0 Å². The summed E-state index contributed by atoms with van der Waals surface area (Å²) in [6, 6.07) is 10.1. The Morgan fingerprint density at radius 1 is 1.21 bits per heavy atom. The Morgan fingerprint density at radius 3 is 2.79 bits per heavy atom. The lowest BCUT2D eigenvalue weighted by Gasteiger charge is -2.24. The standard InChI is InChI=1S/C22H22N4O2S/c1-14(27)19-13-26-22(25-21(19)15-6-8-29(28)9-7-15)18(12-24-26)17-10-16-4-2-3-5-20(16)23-11-17/h2-5,10-15,27H,6-9H2,1H3. The van der Waals surface area contributed by atoms with Gasteiger partial charge in [-0.1, -0.05) is 18.2 Å². The number of rotatable bonds is 3. The third-order valence-electron chi connectivity index (χ3n) is 5.68. The van der Waals surface area contributed by atoms with E-state index in [1.165, 1.54) is 0 Å². The van der Waals surface area contributed by atoms with Gasteiger partial charge in [-0.3, -0.25) is 9.19 Å². The molecule has 4 aromatic rings. The van der Waals surface area contributed by atoms with Crippen LogP contribution in [0.15, 0.2) is 48.9 Å². The first-order valence-corrected chi connectivity index (χ1v) is 11.4. The van der Waals surface area contributed by atoms with Gasteiger partial charge in [0.1, 0.15) is 0 Å². The van der Waals surface area contributed by atoms with Gasteiger partial charge in [0.2, 0.25) is 0 Å². The number of aliphatic hydroxyl groups excluding tert-OH is 1. The van der Waals surface area contributed by atoms with Crippen LogP contribution in [0.25, 0.3) is 27.7 Å². The summed E-state index contributed by atoms with van der Waals surface area (Å²) in [6.45, 7) is 1.75. The molecule has 148 valence electrons. The number of aliphatic hydroxyl groups is 1. The predicted octanol–water partition coefficient (Wildman–Crippen LogP) is 3.62. The highest BCUT2D eigenvalue weighted by Gasteiger charge is 2.26. The van der Waals surface area contributed by atoms with E-state index >= 15 is 0 Å². The fourth-order valence-corrected chi connectivity index (χ4v) is 5.38. The van der Waals surface area contributed by atoms with Crippen molar-refractivity contribution >= 4 is 27.3 Å². The number of nitrogens with zero attached hydrogens (tertiary/aromatic N) is 4. The molecule has 1 aliphatic heterocycles. The molecule has 6 nitrogen and oxygen atoms in total. The van der Waals surface area contributed by atoms with E-state index in [1.807, 2.05) is 36.7 Å². The summed E-state index contributed by atoms with van der Waals surface area (Å²) in [5.41, 5.74) is 5.29. The largest absolute Gasteiger partial charge is 0.389 e. The summed E-state index contributed by atoms with van der Waals surface area (Å²) in [5, 5.41) is 15.9. The monoisotopic (exact) mass is 406 g/mol. The molecule has 0 aliphatic carbocycles. The van der Waals surface area contributed by atoms with E-state index in [9.17, 15) is 9.32 Å². The molecule has 0 spiro atoms. The second-order valence-corrected chi connectivity index (χ2v) is 9.32. The molecule has 5 rings (SSSR count). The van der Waals surface area contributed by atoms with Crippen LogP contribution in [0, 0.1) is 0 Å². The number of aromatic nitrogens is 4. The molecule has 0 amide bonds. The maximum absolute atomic E-state index is 11.8. The van der Waals surface area contributed by atoms with E-state index < -0.39 is 16.9 Å². The van der Waals surface area contributed by atoms with E-state index in [4.69, 9.17) is 4.98 Å². The third kappa shape index (κ3) is 3.34. The van der Waals surface area contributed by atoms with Crippen molar-refractivity contribution in [3.8, 4) is 11.1 Å². The Hall–Kier alpha value is -2.64. The molecule has 29 heavy (non-hydrogen) atoms. The number of benzene rings is 1. The van der Waals surface area contributed by atoms with Gasteiger partial charge in [0.15, 0.2) is 5.65 Å². The summed E-state index contributed by atoms with van der Waals surface area (Å²) >= 11 is 0. The summed E-state index contributed by atoms with van der Waals surface area (Å²) in [4.78, 5) is 9.55. The highest BCUT2D eigenvalue weighted by Crippen LogP contribution is 2.34. The summed E-state index contributed by atoms with van der Waals surface area (Å²) < 4.78 is 13.5. The van der Waals surface area contributed by atoms with E-state index in [1.54, 1.807) is 17.6 Å². The molecule has 1 N–H and O–H groups in total. The van der Waals surface area contributed by atoms with Crippen molar-refractivity contribution in [2.45, 2.75) is 31.8 Å². The Bertz CT molecular complexity index is 1220. The van der Waals surface area contributed by atoms with Crippen LogP contribution >= 0.6 is 0 Å². The van der Waals surface area contributed by atoms with Gasteiger partial charge in [0.05, 0.1) is 23.5 Å². The lowest BCUT2D eigenvalue weighted by molar-refractivity contribution is 0.196. The lowest BCUT2D eigenvalue weighted by Crippen LogP contribution is -2.20. The molecule has 1 aromatic carbocycles. The number of hydrogen-bond acceptors (Lipinski definition) is 5. The smallest absolute Gasteiger partial charge is 0.163 e. The van der Waals surface area contributed by atoms with Gasteiger partial charge in [-0.25, -0.2) is 9.50 Å². The average Bonchev–Trinajstić information content (AvgIpc) is 3.16. The van der Waals surface area contributed by atoms with Crippen LogP contribution in [-0.4, -0.2) is 40.4 Å². The fraction of sp³-hybridized carbons (Fsp3) is 0.318. The minimum Gasteiger partial charge on any atom is -0.389 e. The van der Waals surface area contributed by atoms with Crippen molar-refractivity contribution in [3.05, 3.63) is 60.2 Å². The van der Waals surface area contributed by atoms with Crippen molar-refractivity contribution in [1.29, 1.82) is 0 Å². The molecular weight excluding hydrogens is 384 g/mol. The highest BCUT2D eigenvalue weighted by atomic mass is 32.2. The first-order chi connectivity index (χ1) is 14.1. The molecule has 1 aliphatic rings. The van der Waals surface area contributed by atoms with E-state index in [2.05, 4.69) is 16.1 Å². The summed E-state index contributed by atoms with van der Waals surface area (Å²) in [6.07, 6.45) is 6.57. The molecular formula is C22H22N4O2S. The average molecular weight is 407 g/mol. The molecule has 0 radical (unpaired) electrons. The Labute approximate surface area is 171 Å². The molecule has 1 saturated heterocycles. The summed E-state index contributed by atoms with van der Waals surface area (Å²) in [5.74, 6) is 1.59. The van der Waals surface area contributed by atoms with Crippen molar-refractivity contribution in [2.24, 2.45) is 0 Å². The SMILES string of the molecule is CC(O)c1cn2ncc(-c3cnc4ccccc4c3)c2nc1C1CCS(=O)CC1. The fourth-order valence-electron chi connectivity index (χ4n) is 4.08. The normalized spacial score (nSPS) is 20.9. The molecule has 1 fully saturated rings. The molecule has 4 heterocycles. The van der Waals surface area contributed by atoms with Crippen molar-refractivity contribution in [3.63, 3.8) is 0 Å². The zero-order valence-electron chi connectivity index (χ0n) is 16.2. The molecule has 0 bridgehead atoms.